The van der Waals surface area contributed by atoms with Crippen LogP contribution in [-0.4, -0.2) is 0 Å². The third-order valence-electron chi connectivity index (χ3n) is 9.66. The Morgan fingerprint density at radius 2 is 0.717 bits per heavy atom. The number of hydrogen-bond donors (Lipinski definition) is 0. The first-order valence-electron chi connectivity index (χ1n) is 23.7. The number of rotatable bonds is 6. The molecule has 10 aromatic carbocycles. The zero-order valence-electron chi connectivity index (χ0n) is 41.1. The molecule has 248 valence electrons. The average molecular weight is 687 g/mol. The Hall–Kier alpha value is -6.96. The normalized spacial score (nSPS) is 14.8. The minimum atomic E-state index is -0.733. The van der Waals surface area contributed by atoms with Gasteiger partial charge in [-0.05, 0) is 125 Å². The lowest BCUT2D eigenvalue weighted by molar-refractivity contribution is 1.28. The summed E-state index contributed by atoms with van der Waals surface area (Å²) in [5, 5.41) is 7.47. The Morgan fingerprint density at radius 1 is 0.302 bits per heavy atom. The number of anilines is 3. The standard InChI is InChI=1S/C52H35N/c1-2-12-36(13-3-1)37-22-28-42(29-23-37)53(43-30-24-38(25-31-43)51-34-40-14-4-6-16-45(40)47-18-8-10-20-49(47)51)44-32-26-39(27-33-44)52-35-41-15-5-7-17-46(41)48-19-9-11-21-50(48)52/h1-35H/i1D,2D,3D,12D,13D,22D,23D,24D,25D,28D,29D,30D,31D. The first kappa shape index (κ1) is 20.2. The van der Waals surface area contributed by atoms with Gasteiger partial charge in [0.15, 0.2) is 0 Å². The molecule has 53 heavy (non-hydrogen) atoms. The molecule has 0 N–H and O–H groups in total. The predicted molar refractivity (Wildman–Crippen MR) is 227 cm³/mol. The van der Waals surface area contributed by atoms with Crippen molar-refractivity contribution in [3.05, 3.63) is 212 Å². The molecule has 0 aliphatic carbocycles. The van der Waals surface area contributed by atoms with Crippen LogP contribution in [0.2, 0.25) is 0 Å². The van der Waals surface area contributed by atoms with E-state index in [1.54, 1.807) is 12.1 Å². The maximum Gasteiger partial charge on any atom is 0.0645 e. The lowest BCUT2D eigenvalue weighted by atomic mass is 9.93. The van der Waals surface area contributed by atoms with Gasteiger partial charge in [-0.15, -0.1) is 0 Å². The van der Waals surface area contributed by atoms with Crippen molar-refractivity contribution in [3.63, 3.8) is 0 Å². The maximum atomic E-state index is 9.66. The third kappa shape index (κ3) is 5.51. The highest BCUT2D eigenvalue weighted by Gasteiger charge is 2.16. The van der Waals surface area contributed by atoms with Crippen molar-refractivity contribution in [1.29, 1.82) is 0 Å². The summed E-state index contributed by atoms with van der Waals surface area (Å²) in [6.45, 7) is 0. The zero-order chi connectivity index (χ0) is 46.5. The van der Waals surface area contributed by atoms with E-state index in [4.69, 9.17) is 6.85 Å². The zero-order valence-corrected chi connectivity index (χ0v) is 28.1. The van der Waals surface area contributed by atoms with Gasteiger partial charge in [0.2, 0.25) is 0 Å². The van der Waals surface area contributed by atoms with E-state index in [2.05, 4.69) is 18.2 Å². The van der Waals surface area contributed by atoms with Crippen LogP contribution in [0.1, 0.15) is 17.8 Å². The second kappa shape index (κ2) is 13.0. The first-order chi connectivity index (χ1) is 31.7. The topological polar surface area (TPSA) is 3.24 Å². The molecular formula is C52H35N. The van der Waals surface area contributed by atoms with Crippen LogP contribution < -0.4 is 4.90 Å². The molecule has 0 radical (unpaired) electrons. The van der Waals surface area contributed by atoms with Crippen molar-refractivity contribution in [2.75, 3.05) is 4.90 Å². The van der Waals surface area contributed by atoms with Gasteiger partial charge >= 0.3 is 0 Å². The monoisotopic (exact) mass is 686 g/mol. The van der Waals surface area contributed by atoms with Gasteiger partial charge in [0.25, 0.3) is 0 Å². The summed E-state index contributed by atoms with van der Waals surface area (Å²) in [5.41, 5.74) is 0.560. The summed E-state index contributed by atoms with van der Waals surface area (Å²) in [5.74, 6) is 0. The van der Waals surface area contributed by atoms with Crippen LogP contribution in [0.15, 0.2) is 212 Å². The van der Waals surface area contributed by atoms with Gasteiger partial charge in [-0.2, -0.15) is 0 Å². The summed E-state index contributed by atoms with van der Waals surface area (Å²) < 4.78 is 118. The van der Waals surface area contributed by atoms with Crippen molar-refractivity contribution in [2.24, 2.45) is 0 Å². The van der Waals surface area contributed by atoms with Crippen molar-refractivity contribution in [3.8, 4) is 33.4 Å². The second-order valence-electron chi connectivity index (χ2n) is 12.7. The minimum absolute atomic E-state index is 0.0327. The van der Waals surface area contributed by atoms with E-state index in [9.17, 15) is 11.0 Å². The quantitative estimate of drug-likeness (QED) is 0.157. The molecule has 0 bridgehead atoms. The molecule has 0 aliphatic rings. The summed E-state index contributed by atoms with van der Waals surface area (Å²) in [7, 11) is 0. The molecule has 0 unspecified atom stereocenters. The van der Waals surface area contributed by atoms with Crippen molar-refractivity contribution in [1.82, 2.24) is 0 Å². The van der Waals surface area contributed by atoms with Crippen LogP contribution in [0.3, 0.4) is 0 Å². The molecule has 0 amide bonds. The van der Waals surface area contributed by atoms with Crippen LogP contribution in [0, 0.1) is 0 Å². The number of nitrogens with zero attached hydrogens (tertiary/aromatic N) is 1. The summed E-state index contributed by atoms with van der Waals surface area (Å²) in [6.07, 6.45) is 0. The van der Waals surface area contributed by atoms with E-state index < -0.39 is 95.4 Å². The van der Waals surface area contributed by atoms with Gasteiger partial charge in [-0.25, -0.2) is 0 Å². The van der Waals surface area contributed by atoms with Gasteiger partial charge < -0.3 is 4.90 Å². The molecule has 1 nitrogen and oxygen atoms in total. The van der Waals surface area contributed by atoms with Crippen molar-refractivity contribution in [2.45, 2.75) is 0 Å². The first-order valence-corrected chi connectivity index (χ1v) is 17.2. The van der Waals surface area contributed by atoms with Crippen molar-refractivity contribution >= 4 is 60.2 Å². The molecule has 0 saturated carbocycles. The smallest absolute Gasteiger partial charge is 0.0645 e. The summed E-state index contributed by atoms with van der Waals surface area (Å²) in [6, 6.07) is 33.9. The largest absolute Gasteiger partial charge is 0.311 e. The Bertz CT molecular complexity index is 3610. The number of benzene rings is 10. The number of fused-ring (bicyclic) bond motifs is 6. The van der Waals surface area contributed by atoms with Gasteiger partial charge in [0.1, 0.15) is 0 Å². The van der Waals surface area contributed by atoms with E-state index in [1.165, 1.54) is 4.90 Å². The van der Waals surface area contributed by atoms with E-state index >= 15 is 0 Å². The van der Waals surface area contributed by atoms with Crippen LogP contribution in [0.5, 0.6) is 0 Å². The highest BCUT2D eigenvalue weighted by Crippen LogP contribution is 2.41. The Labute approximate surface area is 327 Å². The SMILES string of the molecule is [2H]c1c([2H])c([2H])c(-c2c([2H])c([2H])c(N(c3ccc(-c4cc5ccccc5c5ccccc45)cc3)c3c([2H])c([2H])c(-c4cc5ccccc5c5ccccc45)c([2H])c3[2H])c([2H])c2[2H])c([2H])c1[2H]. The Balaban J connectivity index is 1.24. The molecule has 0 atom stereocenters. The number of hydrogen-bond acceptors (Lipinski definition) is 1. The van der Waals surface area contributed by atoms with Crippen molar-refractivity contribution < 1.29 is 17.8 Å². The van der Waals surface area contributed by atoms with Crippen LogP contribution in [-0.2, 0) is 0 Å². The molecule has 0 aliphatic heterocycles. The molecule has 1 heteroatoms. The maximum absolute atomic E-state index is 9.66. The van der Waals surface area contributed by atoms with Crippen LogP contribution in [0.25, 0.3) is 76.5 Å². The highest BCUT2D eigenvalue weighted by molar-refractivity contribution is 6.15. The fourth-order valence-electron chi connectivity index (χ4n) is 7.18. The summed E-state index contributed by atoms with van der Waals surface area (Å²) in [4.78, 5) is 1.19. The lowest BCUT2D eigenvalue weighted by Gasteiger charge is -2.26. The Morgan fingerprint density at radius 3 is 1.25 bits per heavy atom. The van der Waals surface area contributed by atoms with Gasteiger partial charge in [-0.3, -0.25) is 0 Å². The van der Waals surface area contributed by atoms with E-state index in [-0.39, 0.29) is 16.9 Å². The molecule has 10 aromatic rings. The van der Waals surface area contributed by atoms with Gasteiger partial charge in [0.05, 0.1) is 17.8 Å². The molecule has 0 heterocycles. The van der Waals surface area contributed by atoms with Crippen LogP contribution >= 0.6 is 0 Å². The van der Waals surface area contributed by atoms with Gasteiger partial charge in [0, 0.05) is 17.1 Å². The fourth-order valence-corrected chi connectivity index (χ4v) is 7.18. The molecular weight excluding hydrogens is 639 g/mol. The average Bonchev–Trinajstić information content (AvgIpc) is 3.34. The Kier molecular flexibility index (Phi) is 4.94. The third-order valence-corrected chi connectivity index (χ3v) is 9.66. The molecule has 0 spiro atoms. The van der Waals surface area contributed by atoms with E-state index in [1.807, 2.05) is 103 Å². The van der Waals surface area contributed by atoms with E-state index in [0.717, 1.165) is 48.8 Å². The highest BCUT2D eigenvalue weighted by atomic mass is 15.1. The second-order valence-corrected chi connectivity index (χ2v) is 12.7. The molecule has 0 fully saturated rings. The minimum Gasteiger partial charge on any atom is -0.311 e. The van der Waals surface area contributed by atoms with E-state index in [0.29, 0.717) is 10.9 Å². The van der Waals surface area contributed by atoms with Gasteiger partial charge in [-0.1, -0.05) is 164 Å². The molecule has 0 saturated heterocycles. The molecule has 0 aromatic heterocycles. The summed E-state index contributed by atoms with van der Waals surface area (Å²) >= 11 is 0. The van der Waals surface area contributed by atoms with Crippen LogP contribution in [0.4, 0.5) is 17.1 Å². The lowest BCUT2D eigenvalue weighted by Crippen LogP contribution is -2.09. The predicted octanol–water partition coefficient (Wildman–Crippen LogP) is 14.8. The fraction of sp³-hybridized carbons (Fsp3) is 0. The molecule has 10 rings (SSSR count).